The Balaban J connectivity index is 0. The van der Waals surface area contributed by atoms with Crippen molar-refractivity contribution in [3.05, 3.63) is 0 Å². The molecule has 1 fully saturated rings. The average molecular weight is 278 g/mol. The number of rotatable bonds is 3. The van der Waals surface area contributed by atoms with E-state index in [-0.39, 0.29) is 25.9 Å². The number of amides is 1. The topological polar surface area (TPSA) is 65.4 Å². The molecule has 0 aromatic heterocycles. The Bertz CT molecular complexity index is 284. The van der Waals surface area contributed by atoms with Crippen molar-refractivity contribution in [2.24, 2.45) is 0 Å². The maximum Gasteiger partial charge on any atom is 0.409 e. The number of hydrogen-bond acceptors (Lipinski definition) is 4. The lowest BCUT2D eigenvalue weighted by molar-refractivity contribution is 0.0890. The molecular weight excluding hydrogens is 254 g/mol. The van der Waals surface area contributed by atoms with E-state index in [1.165, 1.54) is 0 Å². The van der Waals surface area contributed by atoms with Gasteiger partial charge in [0.1, 0.15) is 5.54 Å². The SMILES string of the molecule is C.CCNC1(C#N)CCN(C(=O)OCC)CC1.Cl. The molecule has 0 radical (unpaired) electrons. The molecule has 0 aromatic carbocycles. The Hall–Kier alpha value is -0.990. The van der Waals surface area contributed by atoms with Gasteiger partial charge < -0.3 is 9.64 Å². The molecule has 0 atom stereocenters. The number of carbonyl (C=O) groups excluding carboxylic acids is 1. The molecule has 0 bridgehead atoms. The lowest BCUT2D eigenvalue weighted by atomic mass is 9.89. The fourth-order valence-electron chi connectivity index (χ4n) is 1.95. The maximum atomic E-state index is 11.5. The van der Waals surface area contributed by atoms with Gasteiger partial charge in [0.15, 0.2) is 0 Å². The van der Waals surface area contributed by atoms with Crippen molar-refractivity contribution in [1.29, 1.82) is 5.26 Å². The van der Waals surface area contributed by atoms with Gasteiger partial charge in [-0.05, 0) is 26.3 Å². The van der Waals surface area contributed by atoms with Crippen molar-refractivity contribution in [3.8, 4) is 6.07 Å². The maximum absolute atomic E-state index is 11.5. The van der Waals surface area contributed by atoms with Gasteiger partial charge in [-0.2, -0.15) is 5.26 Å². The largest absolute Gasteiger partial charge is 0.450 e. The minimum atomic E-state index is -0.461. The second-order valence-corrected chi connectivity index (χ2v) is 3.91. The molecular formula is C12H24ClN3O2. The fourth-order valence-corrected chi connectivity index (χ4v) is 1.95. The van der Waals surface area contributed by atoms with Gasteiger partial charge in [-0.25, -0.2) is 4.79 Å². The van der Waals surface area contributed by atoms with Crippen molar-refractivity contribution in [3.63, 3.8) is 0 Å². The predicted molar refractivity (Wildman–Crippen MR) is 73.8 cm³/mol. The highest BCUT2D eigenvalue weighted by atomic mass is 35.5. The highest BCUT2D eigenvalue weighted by Crippen LogP contribution is 2.21. The molecule has 0 spiro atoms. The van der Waals surface area contributed by atoms with E-state index in [1.54, 1.807) is 11.8 Å². The molecule has 1 aliphatic heterocycles. The average Bonchev–Trinajstić information content (AvgIpc) is 2.30. The summed E-state index contributed by atoms with van der Waals surface area (Å²) in [5, 5.41) is 12.4. The van der Waals surface area contributed by atoms with Crippen LogP contribution in [0.25, 0.3) is 0 Å². The molecule has 1 saturated heterocycles. The van der Waals surface area contributed by atoms with E-state index >= 15 is 0 Å². The molecule has 1 rings (SSSR count). The van der Waals surface area contributed by atoms with Crippen LogP contribution < -0.4 is 5.32 Å². The van der Waals surface area contributed by atoms with E-state index in [2.05, 4.69) is 11.4 Å². The van der Waals surface area contributed by atoms with Crippen LogP contribution in [-0.4, -0.2) is 42.8 Å². The summed E-state index contributed by atoms with van der Waals surface area (Å²) in [7, 11) is 0. The molecule has 106 valence electrons. The van der Waals surface area contributed by atoms with Crippen LogP contribution in [0.1, 0.15) is 34.1 Å². The van der Waals surface area contributed by atoms with E-state index in [0.29, 0.717) is 32.5 Å². The van der Waals surface area contributed by atoms with Gasteiger partial charge in [-0.15, -0.1) is 12.4 Å². The van der Waals surface area contributed by atoms with Crippen molar-refractivity contribution in [2.45, 2.75) is 39.7 Å². The minimum absolute atomic E-state index is 0. The third kappa shape index (κ3) is 4.71. The lowest BCUT2D eigenvalue weighted by Crippen LogP contribution is -2.53. The number of halogens is 1. The van der Waals surface area contributed by atoms with Gasteiger partial charge >= 0.3 is 6.09 Å². The highest BCUT2D eigenvalue weighted by molar-refractivity contribution is 5.85. The van der Waals surface area contributed by atoms with Crippen LogP contribution in [0, 0.1) is 11.3 Å². The number of nitrogens with zero attached hydrogens (tertiary/aromatic N) is 2. The monoisotopic (exact) mass is 277 g/mol. The molecule has 5 nitrogen and oxygen atoms in total. The van der Waals surface area contributed by atoms with Crippen molar-refractivity contribution >= 4 is 18.5 Å². The second-order valence-electron chi connectivity index (χ2n) is 3.91. The van der Waals surface area contributed by atoms with Crippen LogP contribution in [-0.2, 0) is 4.74 Å². The van der Waals surface area contributed by atoms with Crippen LogP contribution in [0.2, 0.25) is 0 Å². The minimum Gasteiger partial charge on any atom is -0.450 e. The number of likely N-dealkylation sites (tertiary alicyclic amines) is 1. The van der Waals surface area contributed by atoms with Crippen LogP contribution in [0.3, 0.4) is 0 Å². The normalized spacial score (nSPS) is 16.8. The standard InChI is InChI=1S/C11H19N3O2.CH4.ClH/c1-3-13-11(9-12)5-7-14(8-6-11)10(15)16-4-2;;/h13H,3-8H2,1-2H3;1H4;1H. The summed E-state index contributed by atoms with van der Waals surface area (Å²) in [4.78, 5) is 13.1. The Labute approximate surface area is 116 Å². The number of carbonyl (C=O) groups is 1. The zero-order valence-electron chi connectivity index (χ0n) is 10.4. The van der Waals surface area contributed by atoms with Gasteiger partial charge in [0.25, 0.3) is 0 Å². The Morgan fingerprint density at radius 1 is 1.44 bits per heavy atom. The smallest absolute Gasteiger partial charge is 0.409 e. The first-order chi connectivity index (χ1) is 7.67. The number of piperidine rings is 1. The van der Waals surface area contributed by atoms with Gasteiger partial charge in [-0.1, -0.05) is 14.4 Å². The molecule has 1 amide bonds. The molecule has 0 aromatic rings. The Morgan fingerprint density at radius 3 is 2.39 bits per heavy atom. The first kappa shape index (κ1) is 19.4. The Morgan fingerprint density at radius 2 is 2.00 bits per heavy atom. The van der Waals surface area contributed by atoms with Gasteiger partial charge in [-0.3, -0.25) is 5.32 Å². The quantitative estimate of drug-likeness (QED) is 0.859. The summed E-state index contributed by atoms with van der Waals surface area (Å²) in [5.74, 6) is 0. The van der Waals surface area contributed by atoms with Crippen molar-refractivity contribution < 1.29 is 9.53 Å². The molecule has 0 unspecified atom stereocenters. The van der Waals surface area contributed by atoms with Gasteiger partial charge in [0.05, 0.1) is 12.7 Å². The summed E-state index contributed by atoms with van der Waals surface area (Å²) in [6, 6.07) is 2.32. The third-order valence-electron chi connectivity index (χ3n) is 2.87. The summed E-state index contributed by atoms with van der Waals surface area (Å²) < 4.78 is 4.93. The molecule has 1 N–H and O–H groups in total. The number of hydrogen-bond donors (Lipinski definition) is 1. The summed E-state index contributed by atoms with van der Waals surface area (Å²) >= 11 is 0. The van der Waals surface area contributed by atoms with E-state index < -0.39 is 5.54 Å². The first-order valence-corrected chi connectivity index (χ1v) is 5.75. The van der Waals surface area contributed by atoms with Crippen molar-refractivity contribution in [2.75, 3.05) is 26.2 Å². The van der Waals surface area contributed by atoms with Gasteiger partial charge in [0.2, 0.25) is 0 Å². The van der Waals surface area contributed by atoms with Crippen molar-refractivity contribution in [1.82, 2.24) is 10.2 Å². The van der Waals surface area contributed by atoms with E-state index in [9.17, 15) is 4.79 Å². The van der Waals surface area contributed by atoms with Crippen LogP contribution in [0.15, 0.2) is 0 Å². The molecule has 6 heteroatoms. The molecule has 0 aliphatic carbocycles. The summed E-state index contributed by atoms with van der Waals surface area (Å²) in [6.45, 7) is 6.11. The number of ether oxygens (including phenoxy) is 1. The predicted octanol–water partition coefficient (Wildman–Crippen LogP) is 2.17. The number of nitrogens with one attached hydrogen (secondary N) is 1. The van der Waals surface area contributed by atoms with E-state index in [0.717, 1.165) is 6.54 Å². The van der Waals surface area contributed by atoms with E-state index in [4.69, 9.17) is 10.00 Å². The zero-order valence-corrected chi connectivity index (χ0v) is 11.2. The zero-order chi connectivity index (χ0) is 12.0. The number of nitriles is 1. The molecule has 18 heavy (non-hydrogen) atoms. The molecule has 0 saturated carbocycles. The Kier molecular flexibility index (Phi) is 9.69. The van der Waals surface area contributed by atoms with Crippen LogP contribution >= 0.6 is 12.4 Å². The summed E-state index contributed by atoms with van der Waals surface area (Å²) in [6.07, 6.45) is 1.05. The van der Waals surface area contributed by atoms with Crippen LogP contribution in [0.4, 0.5) is 4.79 Å². The molecule has 1 aliphatic rings. The van der Waals surface area contributed by atoms with Gasteiger partial charge in [0, 0.05) is 13.1 Å². The van der Waals surface area contributed by atoms with Crippen LogP contribution in [0.5, 0.6) is 0 Å². The highest BCUT2D eigenvalue weighted by Gasteiger charge is 2.35. The second kappa shape index (κ2) is 9.01. The molecule has 1 heterocycles. The third-order valence-corrected chi connectivity index (χ3v) is 2.87. The fraction of sp³-hybridized carbons (Fsp3) is 0.833. The summed E-state index contributed by atoms with van der Waals surface area (Å²) in [5.41, 5.74) is -0.461. The first-order valence-electron chi connectivity index (χ1n) is 5.75. The van der Waals surface area contributed by atoms with E-state index in [1.807, 2.05) is 6.92 Å². The lowest BCUT2D eigenvalue weighted by Gasteiger charge is -2.37.